The van der Waals surface area contributed by atoms with Gasteiger partial charge in [-0.05, 0) is 66.3 Å². The van der Waals surface area contributed by atoms with Gasteiger partial charge < -0.3 is 4.57 Å². The van der Waals surface area contributed by atoms with Crippen molar-refractivity contribution in [3.05, 3.63) is 151 Å². The van der Waals surface area contributed by atoms with Gasteiger partial charge >= 0.3 is 0 Å². The van der Waals surface area contributed by atoms with Crippen LogP contribution in [0, 0.1) is 0 Å². The minimum atomic E-state index is 0.924. The first-order valence-electron chi connectivity index (χ1n) is 12.2. The Bertz CT molecular complexity index is 1530. The van der Waals surface area contributed by atoms with Crippen molar-refractivity contribution in [2.75, 3.05) is 0 Å². The minimum absolute atomic E-state index is 0.924. The van der Waals surface area contributed by atoms with Crippen molar-refractivity contribution in [3.63, 3.8) is 0 Å². The third kappa shape index (κ3) is 4.96. The quantitative estimate of drug-likeness (QED) is 0.241. The SMILES string of the molecule is C=CC.c1ccc(Cc2ccc(Cc3ccc(-n4c5ccncc5c5cnccc54)cc3)cc2)cc1. The molecule has 36 heavy (non-hydrogen) atoms. The molecule has 3 heteroatoms. The van der Waals surface area contributed by atoms with Crippen LogP contribution in [-0.4, -0.2) is 14.5 Å². The van der Waals surface area contributed by atoms with Gasteiger partial charge in [-0.1, -0.05) is 72.8 Å². The second-order valence-corrected chi connectivity index (χ2v) is 8.85. The van der Waals surface area contributed by atoms with E-state index in [4.69, 9.17) is 0 Å². The summed E-state index contributed by atoms with van der Waals surface area (Å²) in [6.07, 6.45) is 11.2. The van der Waals surface area contributed by atoms with Gasteiger partial charge in [-0.2, -0.15) is 0 Å². The molecule has 0 aliphatic carbocycles. The normalized spacial score (nSPS) is 10.7. The summed E-state index contributed by atoms with van der Waals surface area (Å²) in [4.78, 5) is 8.64. The van der Waals surface area contributed by atoms with Crippen LogP contribution in [0.3, 0.4) is 0 Å². The third-order valence-electron chi connectivity index (χ3n) is 6.24. The molecule has 0 spiro atoms. The molecular formula is C33H29N3. The Kier molecular flexibility index (Phi) is 7.00. The molecule has 3 heterocycles. The molecule has 0 unspecified atom stereocenters. The van der Waals surface area contributed by atoms with E-state index < -0.39 is 0 Å². The fourth-order valence-electron chi connectivity index (χ4n) is 4.59. The van der Waals surface area contributed by atoms with Crippen LogP contribution in [0.4, 0.5) is 0 Å². The first kappa shape index (κ1) is 23.3. The molecule has 0 radical (unpaired) electrons. The molecule has 0 N–H and O–H groups in total. The minimum Gasteiger partial charge on any atom is -0.309 e. The van der Waals surface area contributed by atoms with Crippen LogP contribution in [0.25, 0.3) is 27.5 Å². The van der Waals surface area contributed by atoms with E-state index >= 15 is 0 Å². The monoisotopic (exact) mass is 467 g/mol. The average molecular weight is 468 g/mol. The summed E-state index contributed by atoms with van der Waals surface area (Å²) in [7, 11) is 0. The molecular weight excluding hydrogens is 438 g/mol. The summed E-state index contributed by atoms with van der Waals surface area (Å²) in [5.74, 6) is 0. The molecule has 6 aromatic rings. The summed E-state index contributed by atoms with van der Waals surface area (Å²) in [6, 6.07) is 32.6. The van der Waals surface area contributed by atoms with Crippen LogP contribution in [0.5, 0.6) is 0 Å². The van der Waals surface area contributed by atoms with Crippen molar-refractivity contribution in [2.24, 2.45) is 0 Å². The van der Waals surface area contributed by atoms with E-state index in [9.17, 15) is 0 Å². The van der Waals surface area contributed by atoms with Gasteiger partial charge in [-0.25, -0.2) is 0 Å². The smallest absolute Gasteiger partial charge is 0.0572 e. The highest BCUT2D eigenvalue weighted by atomic mass is 15.0. The van der Waals surface area contributed by atoms with Crippen LogP contribution >= 0.6 is 0 Å². The maximum Gasteiger partial charge on any atom is 0.0572 e. The molecule has 176 valence electrons. The number of nitrogens with zero attached hydrogens (tertiary/aromatic N) is 3. The van der Waals surface area contributed by atoms with Crippen molar-refractivity contribution in [3.8, 4) is 5.69 Å². The highest BCUT2D eigenvalue weighted by Gasteiger charge is 2.12. The van der Waals surface area contributed by atoms with Crippen LogP contribution in [0.2, 0.25) is 0 Å². The van der Waals surface area contributed by atoms with E-state index in [1.165, 1.54) is 22.3 Å². The highest BCUT2D eigenvalue weighted by molar-refractivity contribution is 6.08. The molecule has 0 atom stereocenters. The molecule has 0 saturated heterocycles. The van der Waals surface area contributed by atoms with Crippen LogP contribution in [-0.2, 0) is 12.8 Å². The molecule has 0 aliphatic rings. The molecule has 0 fully saturated rings. The van der Waals surface area contributed by atoms with E-state index in [-0.39, 0.29) is 0 Å². The molecule has 0 aliphatic heterocycles. The van der Waals surface area contributed by atoms with Crippen LogP contribution < -0.4 is 0 Å². The number of allylic oxidation sites excluding steroid dienone is 1. The number of aromatic nitrogens is 3. The Morgan fingerprint density at radius 2 is 1.03 bits per heavy atom. The molecule has 0 amide bonds. The Labute approximate surface area is 212 Å². The van der Waals surface area contributed by atoms with E-state index in [1.54, 1.807) is 6.08 Å². The number of rotatable bonds is 5. The number of hydrogen-bond acceptors (Lipinski definition) is 2. The molecule has 6 rings (SSSR count). The summed E-state index contributed by atoms with van der Waals surface area (Å²) < 4.78 is 2.29. The van der Waals surface area contributed by atoms with Crippen molar-refractivity contribution in [2.45, 2.75) is 19.8 Å². The van der Waals surface area contributed by atoms with Gasteiger partial charge in [-0.3, -0.25) is 9.97 Å². The van der Waals surface area contributed by atoms with E-state index in [1.807, 2.05) is 31.7 Å². The molecule has 3 aromatic carbocycles. The van der Waals surface area contributed by atoms with E-state index in [2.05, 4.69) is 112 Å². The van der Waals surface area contributed by atoms with Crippen molar-refractivity contribution >= 4 is 21.8 Å². The van der Waals surface area contributed by atoms with Crippen LogP contribution in [0.15, 0.2) is 128 Å². The molecule has 0 bridgehead atoms. The lowest BCUT2D eigenvalue weighted by Gasteiger charge is -2.09. The molecule has 3 aromatic heterocycles. The molecule has 3 nitrogen and oxygen atoms in total. The van der Waals surface area contributed by atoms with Gasteiger partial charge in [-0.15, -0.1) is 6.58 Å². The summed E-state index contributed by atoms with van der Waals surface area (Å²) >= 11 is 0. The topological polar surface area (TPSA) is 30.7 Å². The summed E-state index contributed by atoms with van der Waals surface area (Å²) in [5, 5.41) is 2.25. The zero-order valence-electron chi connectivity index (χ0n) is 20.5. The fraction of sp³-hybridized carbons (Fsp3) is 0.0909. The van der Waals surface area contributed by atoms with Crippen LogP contribution in [0.1, 0.15) is 29.2 Å². The maximum absolute atomic E-state index is 4.32. The third-order valence-corrected chi connectivity index (χ3v) is 6.24. The number of fused-ring (bicyclic) bond motifs is 3. The van der Waals surface area contributed by atoms with E-state index in [0.717, 1.165) is 40.3 Å². The van der Waals surface area contributed by atoms with Gasteiger partial charge in [0, 0.05) is 41.2 Å². The molecule has 0 saturated carbocycles. The second kappa shape index (κ2) is 10.8. The van der Waals surface area contributed by atoms with E-state index in [0.29, 0.717) is 0 Å². The number of pyridine rings is 2. The Morgan fingerprint density at radius 3 is 1.50 bits per heavy atom. The number of hydrogen-bond donors (Lipinski definition) is 0. The highest BCUT2D eigenvalue weighted by Crippen LogP contribution is 2.30. The average Bonchev–Trinajstić information content (AvgIpc) is 3.26. The van der Waals surface area contributed by atoms with Crippen molar-refractivity contribution < 1.29 is 0 Å². The van der Waals surface area contributed by atoms with Crippen molar-refractivity contribution in [1.29, 1.82) is 0 Å². The lowest BCUT2D eigenvalue weighted by Crippen LogP contribution is -1.95. The standard InChI is InChI=1S/C30H23N3.C3H6/c1-2-4-22(5-3-1)18-23-6-8-24(9-7-23)19-25-10-12-26(13-11-25)33-29-14-16-31-20-27(29)28-21-32-17-15-30(28)33;1-3-2/h1-17,20-21H,18-19H2;3H,1H2,2H3. The summed E-state index contributed by atoms with van der Waals surface area (Å²) in [6.45, 7) is 5.25. The first-order chi connectivity index (χ1) is 17.8. The zero-order valence-corrected chi connectivity index (χ0v) is 20.5. The lowest BCUT2D eigenvalue weighted by molar-refractivity contribution is 1.13. The van der Waals surface area contributed by atoms with Gasteiger partial charge in [0.1, 0.15) is 0 Å². The van der Waals surface area contributed by atoms with Gasteiger partial charge in [0.2, 0.25) is 0 Å². The Morgan fingerprint density at radius 1 is 0.611 bits per heavy atom. The predicted molar refractivity (Wildman–Crippen MR) is 151 cm³/mol. The first-order valence-corrected chi connectivity index (χ1v) is 12.2. The Balaban J connectivity index is 0.000000848. The lowest BCUT2D eigenvalue weighted by atomic mass is 10.0. The van der Waals surface area contributed by atoms with Crippen molar-refractivity contribution in [1.82, 2.24) is 14.5 Å². The van der Waals surface area contributed by atoms with Gasteiger partial charge in [0.25, 0.3) is 0 Å². The largest absolute Gasteiger partial charge is 0.309 e. The predicted octanol–water partition coefficient (Wildman–Crippen LogP) is 7.95. The Hall–Kier alpha value is -4.50. The zero-order chi connectivity index (χ0) is 24.7. The maximum atomic E-state index is 4.32. The van der Waals surface area contributed by atoms with Gasteiger partial charge in [0.05, 0.1) is 11.0 Å². The fourth-order valence-corrected chi connectivity index (χ4v) is 4.59. The summed E-state index contributed by atoms with van der Waals surface area (Å²) in [5.41, 5.74) is 8.76. The number of benzene rings is 3. The second-order valence-electron chi connectivity index (χ2n) is 8.85. The van der Waals surface area contributed by atoms with Gasteiger partial charge in [0.15, 0.2) is 0 Å².